The maximum absolute atomic E-state index is 6.51. The number of para-hydroxylation sites is 2. The monoisotopic (exact) mass is 719 g/mol. The fourth-order valence-corrected chi connectivity index (χ4v) is 9.24. The van der Waals surface area contributed by atoms with Crippen molar-refractivity contribution in [2.75, 3.05) is 4.90 Å². The van der Waals surface area contributed by atoms with Gasteiger partial charge in [0, 0.05) is 53.6 Å². The summed E-state index contributed by atoms with van der Waals surface area (Å²) in [6, 6.07) is 72.3. The van der Waals surface area contributed by atoms with Gasteiger partial charge in [-0.15, -0.1) is 11.3 Å². The summed E-state index contributed by atoms with van der Waals surface area (Å²) in [5, 5.41) is 7.35. The molecule has 0 unspecified atom stereocenters. The second-order valence-corrected chi connectivity index (χ2v) is 15.2. The van der Waals surface area contributed by atoms with E-state index in [-0.39, 0.29) is 0 Å². The number of hydrogen-bond donors (Lipinski definition) is 0. The Morgan fingerprint density at radius 3 is 1.71 bits per heavy atom. The zero-order valence-electron chi connectivity index (χ0n) is 29.8. The molecule has 2 nitrogen and oxygen atoms in total. The predicted molar refractivity (Wildman–Crippen MR) is 235 cm³/mol. The van der Waals surface area contributed by atoms with Crippen LogP contribution < -0.4 is 4.90 Å². The Morgan fingerprint density at radius 2 is 0.909 bits per heavy atom. The van der Waals surface area contributed by atoms with E-state index < -0.39 is 0 Å². The van der Waals surface area contributed by atoms with Crippen molar-refractivity contribution in [3.8, 4) is 33.4 Å². The van der Waals surface area contributed by atoms with Crippen LogP contribution in [0.5, 0.6) is 0 Å². The Balaban J connectivity index is 1.07. The summed E-state index contributed by atoms with van der Waals surface area (Å²) >= 11 is 1.85. The number of thiophene rings is 1. The van der Waals surface area contributed by atoms with Gasteiger partial charge in [-0.1, -0.05) is 133 Å². The molecule has 0 aliphatic carbocycles. The second-order valence-electron chi connectivity index (χ2n) is 14.1. The van der Waals surface area contributed by atoms with E-state index in [0.717, 1.165) is 50.1 Å². The minimum atomic E-state index is 0.902. The average molecular weight is 720 g/mol. The lowest BCUT2D eigenvalue weighted by atomic mass is 9.99. The first kappa shape index (κ1) is 31.6. The Kier molecular flexibility index (Phi) is 7.39. The van der Waals surface area contributed by atoms with E-state index in [9.17, 15) is 0 Å². The average Bonchev–Trinajstić information content (AvgIpc) is 3.82. The van der Waals surface area contributed by atoms with Gasteiger partial charge in [-0.2, -0.15) is 0 Å². The van der Waals surface area contributed by atoms with E-state index in [1.54, 1.807) is 0 Å². The number of fused-ring (bicyclic) bond motifs is 7. The van der Waals surface area contributed by atoms with Crippen molar-refractivity contribution < 1.29 is 4.42 Å². The molecule has 0 bridgehead atoms. The zero-order chi connectivity index (χ0) is 36.3. The van der Waals surface area contributed by atoms with Crippen LogP contribution in [0.2, 0.25) is 0 Å². The number of nitrogens with zero attached hydrogens (tertiary/aromatic N) is 1. The molecule has 55 heavy (non-hydrogen) atoms. The van der Waals surface area contributed by atoms with Gasteiger partial charge >= 0.3 is 0 Å². The number of furan rings is 1. The van der Waals surface area contributed by atoms with Crippen molar-refractivity contribution in [2.45, 2.75) is 0 Å². The topological polar surface area (TPSA) is 16.4 Å². The van der Waals surface area contributed by atoms with E-state index in [0.29, 0.717) is 0 Å². The largest absolute Gasteiger partial charge is 0.455 e. The summed E-state index contributed by atoms with van der Waals surface area (Å²) in [6.07, 6.45) is 0. The van der Waals surface area contributed by atoms with E-state index in [1.165, 1.54) is 53.2 Å². The highest BCUT2D eigenvalue weighted by atomic mass is 32.1. The molecular weight excluding hydrogens is 687 g/mol. The number of anilines is 3. The molecule has 11 rings (SSSR count). The lowest BCUT2D eigenvalue weighted by Crippen LogP contribution is -2.10. The summed E-state index contributed by atoms with van der Waals surface area (Å²) < 4.78 is 9.13. The molecule has 0 spiro atoms. The van der Waals surface area contributed by atoms with Crippen LogP contribution in [0.15, 0.2) is 205 Å². The van der Waals surface area contributed by atoms with Gasteiger partial charge < -0.3 is 9.32 Å². The second kappa shape index (κ2) is 12.9. The molecule has 0 aliphatic heterocycles. The van der Waals surface area contributed by atoms with Gasteiger partial charge in [0.1, 0.15) is 11.2 Å². The predicted octanol–water partition coefficient (Wildman–Crippen LogP) is 15.6. The van der Waals surface area contributed by atoms with Gasteiger partial charge in [-0.05, 0) is 105 Å². The summed E-state index contributed by atoms with van der Waals surface area (Å²) in [5.41, 5.74) is 12.0. The van der Waals surface area contributed by atoms with Crippen molar-refractivity contribution in [1.82, 2.24) is 0 Å². The molecule has 0 atom stereocenters. The van der Waals surface area contributed by atoms with E-state index in [4.69, 9.17) is 4.42 Å². The molecule has 3 heteroatoms. The van der Waals surface area contributed by atoms with E-state index >= 15 is 0 Å². The molecule has 0 saturated heterocycles. The normalized spacial score (nSPS) is 11.6. The van der Waals surface area contributed by atoms with Crippen molar-refractivity contribution in [1.29, 1.82) is 0 Å². The van der Waals surface area contributed by atoms with Gasteiger partial charge in [0.15, 0.2) is 0 Å². The molecule has 0 N–H and O–H groups in total. The molecule has 11 aromatic rings. The third-order valence-corrected chi connectivity index (χ3v) is 12.0. The number of hydrogen-bond acceptors (Lipinski definition) is 3. The molecule has 2 heterocycles. The van der Waals surface area contributed by atoms with Crippen molar-refractivity contribution in [3.05, 3.63) is 200 Å². The van der Waals surface area contributed by atoms with Gasteiger partial charge in [-0.3, -0.25) is 0 Å². The van der Waals surface area contributed by atoms with Crippen LogP contribution in [0.3, 0.4) is 0 Å². The van der Waals surface area contributed by atoms with Crippen LogP contribution in [-0.2, 0) is 0 Å². The van der Waals surface area contributed by atoms with Crippen LogP contribution in [0.1, 0.15) is 0 Å². The van der Waals surface area contributed by atoms with Gasteiger partial charge in [-0.25, -0.2) is 0 Å². The lowest BCUT2D eigenvalue weighted by molar-refractivity contribution is 0.670. The van der Waals surface area contributed by atoms with E-state index in [2.05, 4.69) is 193 Å². The van der Waals surface area contributed by atoms with Crippen molar-refractivity contribution in [2.24, 2.45) is 0 Å². The molecule has 0 amide bonds. The fourth-order valence-electron chi connectivity index (χ4n) is 8.16. The van der Waals surface area contributed by atoms with Crippen LogP contribution in [0.25, 0.3) is 86.3 Å². The molecule has 0 fully saturated rings. The number of benzene rings is 9. The molecule has 258 valence electrons. The van der Waals surface area contributed by atoms with Crippen LogP contribution in [0, 0.1) is 0 Å². The Morgan fingerprint density at radius 1 is 0.345 bits per heavy atom. The highest BCUT2D eigenvalue weighted by Gasteiger charge is 2.18. The highest BCUT2D eigenvalue weighted by molar-refractivity contribution is 7.25. The lowest BCUT2D eigenvalue weighted by Gasteiger charge is -2.27. The van der Waals surface area contributed by atoms with E-state index in [1.807, 2.05) is 23.5 Å². The third kappa shape index (κ3) is 5.48. The first-order valence-electron chi connectivity index (χ1n) is 18.7. The van der Waals surface area contributed by atoms with Crippen LogP contribution in [-0.4, -0.2) is 0 Å². The minimum Gasteiger partial charge on any atom is -0.455 e. The molecule has 2 aromatic heterocycles. The molecule has 9 aromatic carbocycles. The quantitative estimate of drug-likeness (QED) is 0.170. The van der Waals surface area contributed by atoms with Crippen LogP contribution in [0.4, 0.5) is 17.1 Å². The fraction of sp³-hybridized carbons (Fsp3) is 0. The SMILES string of the molecule is c1cc(-c2ccc3ccccc3c2)cc(N(c2cccc(-c3ccc4sc5ccccc5c4c3)c2)c2cccc(-c3cccc4c3oc3ccccc34)c2)c1. The zero-order valence-corrected chi connectivity index (χ0v) is 30.6. The highest BCUT2D eigenvalue weighted by Crippen LogP contribution is 2.43. The van der Waals surface area contributed by atoms with Crippen molar-refractivity contribution >= 4 is 81.3 Å². The summed E-state index contributed by atoms with van der Waals surface area (Å²) in [5.74, 6) is 0. The first-order valence-corrected chi connectivity index (χ1v) is 19.5. The summed E-state index contributed by atoms with van der Waals surface area (Å²) in [6.45, 7) is 0. The molecule has 0 radical (unpaired) electrons. The first-order chi connectivity index (χ1) is 27.2. The van der Waals surface area contributed by atoms with Crippen molar-refractivity contribution in [3.63, 3.8) is 0 Å². The van der Waals surface area contributed by atoms with Crippen LogP contribution >= 0.6 is 11.3 Å². The summed E-state index contributed by atoms with van der Waals surface area (Å²) in [4.78, 5) is 2.38. The Labute approximate surface area is 322 Å². The molecular formula is C52H33NOS. The smallest absolute Gasteiger partial charge is 0.143 e. The minimum absolute atomic E-state index is 0.902. The standard InChI is InChI=1S/C52H33NOS/c1-2-12-35-29-38(26-25-34(35)11-1)36-13-7-16-41(30-36)53(42-17-8-14-37(31-42)39-27-28-51-48(33-39)46-20-4-6-24-50(46)55-51)43-18-9-15-40(32-43)44-21-10-22-47-45-19-3-5-23-49(45)54-52(44)47/h1-33H. The van der Waals surface area contributed by atoms with Gasteiger partial charge in [0.25, 0.3) is 0 Å². The molecule has 0 saturated carbocycles. The maximum Gasteiger partial charge on any atom is 0.143 e. The third-order valence-electron chi connectivity index (χ3n) is 10.8. The summed E-state index contributed by atoms with van der Waals surface area (Å²) in [7, 11) is 0. The molecule has 0 aliphatic rings. The van der Waals surface area contributed by atoms with Gasteiger partial charge in [0.2, 0.25) is 0 Å². The maximum atomic E-state index is 6.51. The Bertz CT molecular complexity index is 3240. The number of rotatable bonds is 6. The van der Waals surface area contributed by atoms with Gasteiger partial charge in [0.05, 0.1) is 0 Å². The Hall–Kier alpha value is -6.94.